The Kier molecular flexibility index (Phi) is 4.68. The largest absolute Gasteiger partial charge is 0.444 e. The van der Waals surface area contributed by atoms with Crippen molar-refractivity contribution >= 4 is 37.8 Å². The molecule has 1 aromatic rings. The van der Waals surface area contributed by atoms with E-state index in [1.165, 1.54) is 0 Å². The van der Waals surface area contributed by atoms with Crippen molar-refractivity contribution < 1.29 is 9.21 Å². The van der Waals surface area contributed by atoms with Crippen LogP contribution in [-0.2, 0) is 0 Å². The summed E-state index contributed by atoms with van der Waals surface area (Å²) in [7, 11) is 0. The molecule has 78 valence electrons. The molecule has 1 aromatic heterocycles. The minimum Gasteiger partial charge on any atom is -0.444 e. The van der Waals surface area contributed by atoms with E-state index in [1.807, 2.05) is 6.92 Å². The molecule has 1 rings (SSSR count). The third-order valence-corrected chi connectivity index (χ3v) is 2.60. The molecule has 0 radical (unpaired) electrons. The summed E-state index contributed by atoms with van der Waals surface area (Å²) < 4.78 is 5.68. The molecule has 0 bridgehead atoms. The summed E-state index contributed by atoms with van der Waals surface area (Å²) in [6, 6.07) is 3.48. The van der Waals surface area contributed by atoms with Gasteiger partial charge in [-0.25, -0.2) is 0 Å². The van der Waals surface area contributed by atoms with E-state index < -0.39 is 0 Å². The minimum absolute atomic E-state index is 0.144. The van der Waals surface area contributed by atoms with Crippen LogP contribution in [0, 0.1) is 0 Å². The molecule has 1 unspecified atom stereocenters. The fourth-order valence-electron chi connectivity index (χ4n) is 0.967. The number of amides is 1. The third-order valence-electron chi connectivity index (χ3n) is 1.72. The molecular formula is C9H11Br2NO2. The lowest BCUT2D eigenvalue weighted by molar-refractivity contribution is 0.0910. The SMILES string of the molecule is CC(CCBr)NC(=O)c1ccc(Br)o1. The van der Waals surface area contributed by atoms with Crippen molar-refractivity contribution in [2.75, 3.05) is 5.33 Å². The first-order valence-corrected chi connectivity index (χ1v) is 6.17. The topological polar surface area (TPSA) is 42.2 Å². The zero-order chi connectivity index (χ0) is 10.6. The second-order valence-corrected chi connectivity index (χ2v) is 4.53. The monoisotopic (exact) mass is 323 g/mol. The second kappa shape index (κ2) is 5.56. The number of nitrogens with one attached hydrogen (secondary N) is 1. The van der Waals surface area contributed by atoms with Gasteiger partial charge in [0.1, 0.15) is 0 Å². The van der Waals surface area contributed by atoms with Crippen molar-refractivity contribution in [3.8, 4) is 0 Å². The van der Waals surface area contributed by atoms with Gasteiger partial charge in [0, 0.05) is 11.4 Å². The van der Waals surface area contributed by atoms with Crippen molar-refractivity contribution in [1.29, 1.82) is 0 Å². The van der Waals surface area contributed by atoms with E-state index in [0.29, 0.717) is 10.4 Å². The van der Waals surface area contributed by atoms with Crippen LogP contribution in [0.3, 0.4) is 0 Å². The Bertz CT molecular complexity index is 312. The van der Waals surface area contributed by atoms with Crippen LogP contribution in [0.25, 0.3) is 0 Å². The van der Waals surface area contributed by atoms with Gasteiger partial charge in [-0.15, -0.1) is 0 Å². The average molecular weight is 325 g/mol. The van der Waals surface area contributed by atoms with E-state index in [0.717, 1.165) is 11.8 Å². The predicted octanol–water partition coefficient (Wildman–Crippen LogP) is 2.95. The Hall–Kier alpha value is -0.290. The van der Waals surface area contributed by atoms with Crippen LogP contribution in [0.1, 0.15) is 23.9 Å². The molecular weight excluding hydrogens is 314 g/mol. The highest BCUT2D eigenvalue weighted by atomic mass is 79.9. The van der Waals surface area contributed by atoms with E-state index in [4.69, 9.17) is 4.42 Å². The quantitative estimate of drug-likeness (QED) is 0.865. The van der Waals surface area contributed by atoms with Gasteiger partial charge in [0.05, 0.1) is 0 Å². The number of hydrogen-bond acceptors (Lipinski definition) is 2. The molecule has 1 heterocycles. The maximum Gasteiger partial charge on any atom is 0.287 e. The molecule has 0 saturated carbocycles. The highest BCUT2D eigenvalue weighted by Crippen LogP contribution is 2.14. The molecule has 14 heavy (non-hydrogen) atoms. The second-order valence-electron chi connectivity index (χ2n) is 2.96. The third kappa shape index (κ3) is 3.46. The summed E-state index contributed by atoms with van der Waals surface area (Å²) in [5.41, 5.74) is 0. The van der Waals surface area contributed by atoms with E-state index in [1.54, 1.807) is 12.1 Å². The van der Waals surface area contributed by atoms with Gasteiger partial charge < -0.3 is 9.73 Å². The first-order valence-electron chi connectivity index (χ1n) is 4.25. The summed E-state index contributed by atoms with van der Waals surface area (Å²) in [4.78, 5) is 11.5. The Labute approximate surface area is 99.5 Å². The van der Waals surface area contributed by atoms with Crippen LogP contribution in [-0.4, -0.2) is 17.3 Å². The fourth-order valence-corrected chi connectivity index (χ4v) is 1.96. The fraction of sp³-hybridized carbons (Fsp3) is 0.444. The van der Waals surface area contributed by atoms with Crippen LogP contribution < -0.4 is 5.32 Å². The standard InChI is InChI=1S/C9H11Br2NO2/c1-6(4-5-10)12-9(13)7-2-3-8(11)14-7/h2-3,6H,4-5H2,1H3,(H,12,13). The normalized spacial score (nSPS) is 12.5. The van der Waals surface area contributed by atoms with Gasteiger partial charge >= 0.3 is 0 Å². The summed E-state index contributed by atoms with van der Waals surface area (Å²) >= 11 is 6.46. The molecule has 0 aliphatic rings. The molecule has 0 aromatic carbocycles. The zero-order valence-electron chi connectivity index (χ0n) is 7.72. The highest BCUT2D eigenvalue weighted by Gasteiger charge is 2.12. The lowest BCUT2D eigenvalue weighted by Crippen LogP contribution is -2.32. The van der Waals surface area contributed by atoms with Gasteiger partial charge in [-0.2, -0.15) is 0 Å². The van der Waals surface area contributed by atoms with Crippen LogP contribution in [0.5, 0.6) is 0 Å². The maximum absolute atomic E-state index is 11.5. The summed E-state index contributed by atoms with van der Waals surface area (Å²) in [6.45, 7) is 1.96. The lowest BCUT2D eigenvalue weighted by atomic mass is 10.2. The Morgan fingerprint density at radius 2 is 2.36 bits per heavy atom. The molecule has 1 amide bonds. The Morgan fingerprint density at radius 3 is 2.86 bits per heavy atom. The van der Waals surface area contributed by atoms with E-state index in [9.17, 15) is 4.79 Å². The van der Waals surface area contributed by atoms with Crippen molar-refractivity contribution in [2.24, 2.45) is 0 Å². The molecule has 5 heteroatoms. The number of alkyl halides is 1. The molecule has 0 spiro atoms. The van der Waals surface area contributed by atoms with Crippen molar-refractivity contribution in [3.05, 3.63) is 22.6 Å². The molecule has 0 fully saturated rings. The smallest absolute Gasteiger partial charge is 0.287 e. The number of carbonyl (C=O) groups excluding carboxylic acids is 1. The summed E-state index contributed by atoms with van der Waals surface area (Å²) in [5, 5.41) is 3.70. The van der Waals surface area contributed by atoms with E-state index >= 15 is 0 Å². The van der Waals surface area contributed by atoms with Gasteiger partial charge in [0.2, 0.25) is 0 Å². The predicted molar refractivity (Wildman–Crippen MR) is 61.7 cm³/mol. The highest BCUT2D eigenvalue weighted by molar-refractivity contribution is 9.10. The first-order chi connectivity index (χ1) is 6.63. The molecule has 1 N–H and O–H groups in total. The van der Waals surface area contributed by atoms with Crippen LogP contribution in [0.2, 0.25) is 0 Å². The van der Waals surface area contributed by atoms with Gasteiger partial charge in [-0.3, -0.25) is 4.79 Å². The van der Waals surface area contributed by atoms with Crippen LogP contribution in [0.15, 0.2) is 21.2 Å². The van der Waals surface area contributed by atoms with Crippen molar-refractivity contribution in [3.63, 3.8) is 0 Å². The molecule has 1 atom stereocenters. The summed E-state index contributed by atoms with van der Waals surface area (Å²) in [6.07, 6.45) is 0.896. The number of halogens is 2. The first kappa shape index (κ1) is 11.8. The van der Waals surface area contributed by atoms with Crippen molar-refractivity contribution in [1.82, 2.24) is 5.32 Å². The molecule has 0 aliphatic carbocycles. The van der Waals surface area contributed by atoms with Gasteiger partial charge in [-0.05, 0) is 41.4 Å². The van der Waals surface area contributed by atoms with Crippen molar-refractivity contribution in [2.45, 2.75) is 19.4 Å². The van der Waals surface area contributed by atoms with Crippen LogP contribution in [0.4, 0.5) is 0 Å². The Morgan fingerprint density at radius 1 is 1.64 bits per heavy atom. The summed E-state index contributed by atoms with van der Waals surface area (Å²) in [5.74, 6) is 0.155. The molecule has 3 nitrogen and oxygen atoms in total. The zero-order valence-corrected chi connectivity index (χ0v) is 10.9. The van der Waals surface area contributed by atoms with E-state index in [2.05, 4.69) is 37.2 Å². The van der Waals surface area contributed by atoms with Gasteiger partial charge in [0.25, 0.3) is 5.91 Å². The number of hydrogen-bond donors (Lipinski definition) is 1. The minimum atomic E-state index is -0.177. The average Bonchev–Trinajstić information content (AvgIpc) is 2.52. The number of carbonyl (C=O) groups is 1. The number of rotatable bonds is 4. The lowest BCUT2D eigenvalue weighted by Gasteiger charge is -2.10. The van der Waals surface area contributed by atoms with E-state index in [-0.39, 0.29) is 11.9 Å². The molecule has 0 aliphatic heterocycles. The number of furan rings is 1. The van der Waals surface area contributed by atoms with Gasteiger partial charge in [-0.1, -0.05) is 15.9 Å². The Balaban J connectivity index is 2.50. The van der Waals surface area contributed by atoms with Gasteiger partial charge in [0.15, 0.2) is 10.4 Å². The van der Waals surface area contributed by atoms with Crippen LogP contribution >= 0.6 is 31.9 Å². The maximum atomic E-state index is 11.5. The molecule has 0 saturated heterocycles.